The molecule has 0 bridgehead atoms. The number of carboxylic acids is 1. The molecule has 0 unspecified atom stereocenters. The number of carbonyl (C=O) groups is 1. The molecule has 2 N–H and O–H groups in total. The minimum Gasteiger partial charge on any atom is -0.487 e. The van der Waals surface area contributed by atoms with E-state index in [2.05, 4.69) is 20.4 Å². The SMILES string of the molecule is Fc1cc(Cl)ccc1OC1CCN(c2nc3cnncc3nc2NC2CC2)CC1.O=C(O)C(F)(F)F. The Bertz CT molecular complexity index is 1240. The summed E-state index contributed by atoms with van der Waals surface area (Å²) >= 11 is 5.81. The summed E-state index contributed by atoms with van der Waals surface area (Å²) in [5.41, 5.74) is 1.45. The molecule has 9 nitrogen and oxygen atoms in total. The number of nitrogens with zero attached hydrogens (tertiary/aromatic N) is 5. The van der Waals surface area contributed by atoms with Gasteiger partial charge in [-0.1, -0.05) is 11.6 Å². The molecule has 2 fully saturated rings. The summed E-state index contributed by atoms with van der Waals surface area (Å²) in [6.45, 7) is 1.50. The van der Waals surface area contributed by atoms with Gasteiger partial charge in [0.25, 0.3) is 0 Å². The van der Waals surface area contributed by atoms with Gasteiger partial charge in [0.1, 0.15) is 17.1 Å². The Morgan fingerprint density at radius 2 is 1.69 bits per heavy atom. The number of aliphatic carboxylic acids is 1. The molecule has 0 atom stereocenters. The first-order valence-electron chi connectivity index (χ1n) is 11.0. The van der Waals surface area contributed by atoms with E-state index in [4.69, 9.17) is 36.2 Å². The molecule has 1 aliphatic heterocycles. The monoisotopic (exact) mass is 528 g/mol. The number of nitrogens with one attached hydrogen (secondary N) is 1. The smallest absolute Gasteiger partial charge is 0.487 e. The first-order valence-corrected chi connectivity index (χ1v) is 11.4. The summed E-state index contributed by atoms with van der Waals surface area (Å²) in [6.07, 6.45) is 1.95. The molecule has 0 amide bonds. The van der Waals surface area contributed by atoms with Crippen molar-refractivity contribution in [3.8, 4) is 5.75 Å². The number of anilines is 2. The maximum atomic E-state index is 14.0. The molecule has 14 heteroatoms. The third-order valence-corrected chi connectivity index (χ3v) is 5.68. The zero-order chi connectivity index (χ0) is 25.9. The minimum atomic E-state index is -5.08. The van der Waals surface area contributed by atoms with Crippen LogP contribution < -0.4 is 15.0 Å². The van der Waals surface area contributed by atoms with Gasteiger partial charge >= 0.3 is 12.1 Å². The highest BCUT2D eigenvalue weighted by molar-refractivity contribution is 6.30. The number of alkyl halides is 3. The average molecular weight is 529 g/mol. The summed E-state index contributed by atoms with van der Waals surface area (Å²) in [4.78, 5) is 20.6. The molecule has 3 heterocycles. The van der Waals surface area contributed by atoms with E-state index in [1.807, 2.05) is 0 Å². The van der Waals surface area contributed by atoms with Crippen molar-refractivity contribution in [1.29, 1.82) is 0 Å². The summed E-state index contributed by atoms with van der Waals surface area (Å²) in [7, 11) is 0. The van der Waals surface area contributed by atoms with Crippen LogP contribution in [0.1, 0.15) is 25.7 Å². The summed E-state index contributed by atoms with van der Waals surface area (Å²) in [5.74, 6) is -1.33. The number of rotatable bonds is 5. The second-order valence-electron chi connectivity index (χ2n) is 8.26. The Hall–Kier alpha value is -3.48. The molecule has 2 aromatic heterocycles. The fraction of sp³-hybridized carbons (Fsp3) is 0.409. The van der Waals surface area contributed by atoms with Crippen molar-refractivity contribution >= 4 is 40.2 Å². The normalized spacial score (nSPS) is 16.3. The first kappa shape index (κ1) is 25.6. The van der Waals surface area contributed by atoms with E-state index in [0.29, 0.717) is 11.1 Å². The molecule has 3 aromatic rings. The quantitative estimate of drug-likeness (QED) is 0.463. The van der Waals surface area contributed by atoms with Gasteiger partial charge < -0.3 is 20.1 Å². The van der Waals surface area contributed by atoms with E-state index in [9.17, 15) is 17.6 Å². The van der Waals surface area contributed by atoms with Gasteiger partial charge in [-0.05, 0) is 31.0 Å². The van der Waals surface area contributed by atoms with Crippen molar-refractivity contribution in [2.45, 2.75) is 44.0 Å². The van der Waals surface area contributed by atoms with Gasteiger partial charge in [-0.25, -0.2) is 19.2 Å². The molecule has 1 aromatic carbocycles. The summed E-state index contributed by atoms with van der Waals surface area (Å²) in [6, 6.07) is 4.95. The summed E-state index contributed by atoms with van der Waals surface area (Å²) in [5, 5.41) is 18.8. The average Bonchev–Trinajstić information content (AvgIpc) is 3.65. The lowest BCUT2D eigenvalue weighted by atomic mass is 10.1. The molecule has 192 valence electrons. The van der Waals surface area contributed by atoms with E-state index >= 15 is 0 Å². The Labute approximate surface area is 207 Å². The number of carboxylic acid groups (broad SMARTS) is 1. The zero-order valence-electron chi connectivity index (χ0n) is 18.7. The van der Waals surface area contributed by atoms with Crippen LogP contribution in [0.2, 0.25) is 5.02 Å². The number of hydrogen-bond donors (Lipinski definition) is 2. The Morgan fingerprint density at radius 3 is 2.25 bits per heavy atom. The second-order valence-corrected chi connectivity index (χ2v) is 8.69. The fourth-order valence-electron chi connectivity index (χ4n) is 3.49. The van der Waals surface area contributed by atoms with Crippen molar-refractivity contribution in [2.75, 3.05) is 23.3 Å². The topological polar surface area (TPSA) is 113 Å². The third kappa shape index (κ3) is 6.59. The number of halogens is 5. The molecule has 0 radical (unpaired) electrons. The van der Waals surface area contributed by atoms with Crippen LogP contribution in [0.15, 0.2) is 30.6 Å². The molecular formula is C22H21ClF4N6O3. The maximum Gasteiger partial charge on any atom is 0.490 e. The van der Waals surface area contributed by atoms with Crippen molar-refractivity contribution in [1.82, 2.24) is 20.2 Å². The third-order valence-electron chi connectivity index (χ3n) is 5.45. The van der Waals surface area contributed by atoms with Crippen LogP contribution in [0.4, 0.5) is 29.2 Å². The fourth-order valence-corrected chi connectivity index (χ4v) is 3.65. The molecule has 36 heavy (non-hydrogen) atoms. The van der Waals surface area contributed by atoms with Crippen molar-refractivity contribution < 1.29 is 32.2 Å². The van der Waals surface area contributed by atoms with Crippen LogP contribution in [0.25, 0.3) is 11.0 Å². The zero-order valence-corrected chi connectivity index (χ0v) is 19.4. The highest BCUT2D eigenvalue weighted by Crippen LogP contribution is 2.32. The lowest BCUT2D eigenvalue weighted by molar-refractivity contribution is -0.192. The molecule has 0 spiro atoms. The highest BCUT2D eigenvalue weighted by atomic mass is 35.5. The number of aromatic nitrogens is 4. The van der Waals surface area contributed by atoms with Gasteiger partial charge in [0, 0.05) is 37.0 Å². The highest BCUT2D eigenvalue weighted by Gasteiger charge is 2.38. The van der Waals surface area contributed by atoms with Gasteiger partial charge in [-0.15, -0.1) is 0 Å². The molecular weight excluding hydrogens is 508 g/mol. The lowest BCUT2D eigenvalue weighted by Crippen LogP contribution is -2.39. The van der Waals surface area contributed by atoms with Crippen molar-refractivity contribution in [3.05, 3.63) is 41.4 Å². The second kappa shape index (κ2) is 10.6. The van der Waals surface area contributed by atoms with Gasteiger partial charge in [-0.2, -0.15) is 23.4 Å². The van der Waals surface area contributed by atoms with Crippen molar-refractivity contribution in [3.63, 3.8) is 0 Å². The molecule has 2 aliphatic rings. The van der Waals surface area contributed by atoms with Gasteiger partial charge in [0.15, 0.2) is 23.2 Å². The number of fused-ring (bicyclic) bond motifs is 1. The van der Waals surface area contributed by atoms with Crippen LogP contribution in [-0.2, 0) is 4.79 Å². The van der Waals surface area contributed by atoms with Crippen LogP contribution in [-0.4, -0.2) is 62.7 Å². The van der Waals surface area contributed by atoms with Gasteiger partial charge in [0.05, 0.1) is 12.4 Å². The molecule has 5 rings (SSSR count). The van der Waals surface area contributed by atoms with Crippen LogP contribution in [0.3, 0.4) is 0 Å². The Kier molecular flexibility index (Phi) is 7.57. The predicted molar refractivity (Wildman–Crippen MR) is 123 cm³/mol. The number of hydrogen-bond acceptors (Lipinski definition) is 8. The van der Waals surface area contributed by atoms with Crippen LogP contribution in [0, 0.1) is 5.82 Å². The van der Waals surface area contributed by atoms with Gasteiger partial charge in [-0.3, -0.25) is 0 Å². The van der Waals surface area contributed by atoms with Gasteiger partial charge in [0.2, 0.25) is 0 Å². The van der Waals surface area contributed by atoms with E-state index in [1.54, 1.807) is 24.5 Å². The Morgan fingerprint density at radius 1 is 1.08 bits per heavy atom. The minimum absolute atomic E-state index is 0.0546. The predicted octanol–water partition coefficient (Wildman–Crippen LogP) is 4.47. The lowest BCUT2D eigenvalue weighted by Gasteiger charge is -2.33. The van der Waals surface area contributed by atoms with Crippen LogP contribution >= 0.6 is 11.6 Å². The van der Waals surface area contributed by atoms with E-state index < -0.39 is 18.0 Å². The molecule has 1 aliphatic carbocycles. The van der Waals surface area contributed by atoms with E-state index in [1.165, 1.54) is 6.07 Å². The number of ether oxygens (including phenoxy) is 1. The van der Waals surface area contributed by atoms with E-state index in [0.717, 1.165) is 61.4 Å². The maximum absolute atomic E-state index is 14.0. The number of piperidine rings is 1. The van der Waals surface area contributed by atoms with Crippen molar-refractivity contribution in [2.24, 2.45) is 0 Å². The summed E-state index contributed by atoms with van der Waals surface area (Å²) < 4.78 is 51.6. The number of benzene rings is 1. The standard InChI is InChI=1S/C20H20ClFN6O.C2HF3O2/c21-12-1-4-18(15(22)9-12)29-14-5-7-28(8-6-14)20-19(25-13-2-3-13)26-16-10-23-24-11-17(16)27-20;3-2(4,5)1(6)7/h1,4,9-11,13-14H,2-3,5-8H2,(H,25,26);(H,6,7). The molecule has 1 saturated heterocycles. The first-order chi connectivity index (χ1) is 17.1. The van der Waals surface area contributed by atoms with Crippen LogP contribution in [0.5, 0.6) is 5.75 Å². The Balaban J connectivity index is 0.000000384. The molecule has 1 saturated carbocycles. The largest absolute Gasteiger partial charge is 0.490 e. The van der Waals surface area contributed by atoms with E-state index in [-0.39, 0.29) is 11.9 Å².